The van der Waals surface area contributed by atoms with E-state index in [0.717, 1.165) is 0 Å². The van der Waals surface area contributed by atoms with Crippen LogP contribution in [0.25, 0.3) is 0 Å². The Morgan fingerprint density at radius 2 is 1.64 bits per heavy atom. The van der Waals surface area contributed by atoms with E-state index in [0.29, 0.717) is 0 Å². The van der Waals surface area contributed by atoms with Gasteiger partial charge in [-0.05, 0) is 0 Å². The van der Waals surface area contributed by atoms with Gasteiger partial charge in [-0.25, -0.2) is 0 Å². The quantitative estimate of drug-likeness (QED) is 0.595. The number of rotatable bonds is 3. The molecule has 4 nitrogen and oxygen atoms in total. The third-order valence-corrected chi connectivity index (χ3v) is 3.21. The molecule has 0 aliphatic carbocycles. The Hall–Kier alpha value is 1.24. The van der Waals surface area contributed by atoms with Crippen molar-refractivity contribution in [2.24, 2.45) is 0 Å². The molecular weight excluding hydrogens is 191 g/mol. The molecule has 0 N–H and O–H groups in total. The van der Waals surface area contributed by atoms with E-state index in [1.165, 1.54) is 21.1 Å². The van der Waals surface area contributed by atoms with Crippen LogP contribution in [0.2, 0.25) is 6.55 Å². The van der Waals surface area contributed by atoms with E-state index in [-0.39, 0.29) is 57.4 Å². The van der Waals surface area contributed by atoms with Crippen LogP contribution in [0.1, 0.15) is 6.92 Å². The van der Waals surface area contributed by atoms with E-state index < -0.39 is 8.80 Å². The topological polar surface area (TPSA) is 44.8 Å². The van der Waals surface area contributed by atoms with Gasteiger partial charge in [0, 0.05) is 27.7 Å². The van der Waals surface area contributed by atoms with Crippen LogP contribution in [-0.4, -0.2) is 80.4 Å². The fourth-order valence-electron chi connectivity index (χ4n) is 0.428. The van der Waals surface area contributed by atoms with Crippen LogP contribution >= 0.6 is 0 Å². The van der Waals surface area contributed by atoms with Gasteiger partial charge in [-0.2, -0.15) is 0 Å². The minimum atomic E-state index is -2.61. The summed E-state index contributed by atoms with van der Waals surface area (Å²) in [4.78, 5) is 10.4. The van der Waals surface area contributed by atoms with Crippen molar-refractivity contribution >= 4 is 66.2 Å². The molecule has 62 valence electrons. The minimum absolute atomic E-state index is 0. The van der Waals surface area contributed by atoms with Crippen molar-refractivity contribution in [1.29, 1.82) is 0 Å². The second kappa shape index (κ2) is 6.73. The Labute approximate surface area is 110 Å². The van der Waals surface area contributed by atoms with Crippen molar-refractivity contribution in [2.75, 3.05) is 14.2 Å². The van der Waals surface area contributed by atoms with Gasteiger partial charge in [0.05, 0.1) is 0 Å². The van der Waals surface area contributed by atoms with E-state index in [4.69, 9.17) is 13.3 Å². The van der Waals surface area contributed by atoms with Crippen molar-refractivity contribution in [1.82, 2.24) is 0 Å². The molecule has 0 amide bonds. The van der Waals surface area contributed by atoms with Gasteiger partial charge in [0.25, 0.3) is 5.97 Å². The van der Waals surface area contributed by atoms with Crippen LogP contribution < -0.4 is 0 Å². The van der Waals surface area contributed by atoms with Crippen molar-refractivity contribution in [3.05, 3.63) is 0 Å². The predicted molar refractivity (Wildman–Crippen MR) is 44.6 cm³/mol. The van der Waals surface area contributed by atoms with Gasteiger partial charge in [0.15, 0.2) is 0 Å². The van der Waals surface area contributed by atoms with E-state index in [1.807, 2.05) is 0 Å². The molecule has 0 fully saturated rings. The summed E-state index contributed by atoms with van der Waals surface area (Å²) >= 11 is 0. The first-order valence-corrected chi connectivity index (χ1v) is 5.06. The van der Waals surface area contributed by atoms with Gasteiger partial charge in [-0.1, -0.05) is 0 Å². The number of carbonyl (C=O) groups is 1. The van der Waals surface area contributed by atoms with E-state index in [9.17, 15) is 4.79 Å². The van der Waals surface area contributed by atoms with Crippen molar-refractivity contribution in [3.63, 3.8) is 0 Å². The predicted octanol–water partition coefficient (Wildman–Crippen LogP) is -0.238. The van der Waals surface area contributed by atoms with Crippen molar-refractivity contribution in [2.45, 2.75) is 13.5 Å². The summed E-state index contributed by atoms with van der Waals surface area (Å²) < 4.78 is 14.5. The van der Waals surface area contributed by atoms with Crippen LogP contribution in [0.3, 0.4) is 0 Å². The maximum atomic E-state index is 10.4. The number of hydrogen-bond donors (Lipinski definition) is 0. The SMILES string of the molecule is CO[Si](C)(OC)OC(C)=O.[KH]. The average Bonchev–Trinajstić information content (AvgIpc) is 1.87. The Balaban J connectivity index is 0. The molecule has 0 spiro atoms. The summed E-state index contributed by atoms with van der Waals surface area (Å²) in [5, 5.41) is 0. The summed E-state index contributed by atoms with van der Waals surface area (Å²) in [7, 11) is 0.304. The monoisotopic (exact) mass is 204 g/mol. The van der Waals surface area contributed by atoms with Gasteiger partial charge >= 0.3 is 60.2 Å². The molecule has 0 saturated heterocycles. The van der Waals surface area contributed by atoms with Crippen LogP contribution in [0, 0.1) is 0 Å². The molecule has 0 rings (SSSR count). The maximum absolute atomic E-state index is 10.4. The first-order chi connectivity index (χ1) is 4.54. The van der Waals surface area contributed by atoms with Crippen molar-refractivity contribution < 1.29 is 18.1 Å². The number of carbonyl (C=O) groups excluding carboxylic acids is 1. The molecule has 0 aromatic carbocycles. The first-order valence-electron chi connectivity index (χ1n) is 2.84. The number of hydrogen-bond acceptors (Lipinski definition) is 4. The fourth-order valence-corrected chi connectivity index (χ4v) is 1.28. The Kier molecular flexibility index (Phi) is 9.02. The second-order valence-corrected chi connectivity index (χ2v) is 4.61. The molecule has 11 heavy (non-hydrogen) atoms. The molecule has 0 atom stereocenters. The molecule has 0 aliphatic rings. The van der Waals surface area contributed by atoms with E-state index >= 15 is 0 Å². The molecule has 0 aromatic rings. The standard InChI is InChI=1S/C5H12O4Si.K.H/c1-5(6)9-10(4,7-2)8-3;;/h1-4H3;;. The van der Waals surface area contributed by atoms with Crippen LogP contribution in [0.5, 0.6) is 0 Å². The molecule has 6 heteroatoms. The molecule has 0 aliphatic heterocycles. The molecule has 0 radical (unpaired) electrons. The molecule has 0 aromatic heterocycles. The molecule has 0 saturated carbocycles. The zero-order valence-corrected chi connectivity index (χ0v) is 7.63. The summed E-state index contributed by atoms with van der Waals surface area (Å²) in [5.74, 6) is -0.377. The zero-order chi connectivity index (χ0) is 8.20. The Bertz CT molecular complexity index is 126. The zero-order valence-electron chi connectivity index (χ0n) is 6.63. The summed E-state index contributed by atoms with van der Waals surface area (Å²) in [6.45, 7) is 2.97. The second-order valence-electron chi connectivity index (χ2n) is 1.86. The van der Waals surface area contributed by atoms with Gasteiger partial charge in [-0.3, -0.25) is 4.79 Å². The average molecular weight is 204 g/mol. The normalized spacial score (nSPS) is 10.2. The van der Waals surface area contributed by atoms with Crippen LogP contribution in [0.4, 0.5) is 0 Å². The summed E-state index contributed by atoms with van der Waals surface area (Å²) in [5.41, 5.74) is 0. The van der Waals surface area contributed by atoms with Gasteiger partial charge in [0.1, 0.15) is 0 Å². The Morgan fingerprint density at radius 1 is 1.27 bits per heavy atom. The van der Waals surface area contributed by atoms with Gasteiger partial charge in [0.2, 0.25) is 0 Å². The fraction of sp³-hybridized carbons (Fsp3) is 0.800. The first kappa shape index (κ1) is 14.8. The van der Waals surface area contributed by atoms with E-state index in [1.54, 1.807) is 6.55 Å². The van der Waals surface area contributed by atoms with E-state index in [2.05, 4.69) is 0 Å². The molecular formula is C5H13KO4Si. The van der Waals surface area contributed by atoms with Crippen molar-refractivity contribution in [3.8, 4) is 0 Å². The molecule has 0 unspecified atom stereocenters. The summed E-state index contributed by atoms with van der Waals surface area (Å²) in [6.07, 6.45) is 0. The van der Waals surface area contributed by atoms with Gasteiger partial charge < -0.3 is 13.3 Å². The summed E-state index contributed by atoms with van der Waals surface area (Å²) in [6, 6.07) is 0. The molecule has 0 bridgehead atoms. The van der Waals surface area contributed by atoms with Gasteiger partial charge in [-0.15, -0.1) is 0 Å². The van der Waals surface area contributed by atoms with Crippen LogP contribution in [0.15, 0.2) is 0 Å². The Morgan fingerprint density at radius 3 is 1.73 bits per heavy atom. The third kappa shape index (κ3) is 6.41. The third-order valence-electron chi connectivity index (χ3n) is 1.07. The van der Waals surface area contributed by atoms with Crippen LogP contribution in [-0.2, 0) is 18.1 Å². The molecule has 0 heterocycles.